The molecule has 1 N–H and O–H groups in total. The van der Waals surface area contributed by atoms with Crippen LogP contribution >= 0.6 is 11.3 Å². The summed E-state index contributed by atoms with van der Waals surface area (Å²) in [6.07, 6.45) is 4.54. The van der Waals surface area contributed by atoms with E-state index in [1.807, 2.05) is 50.8 Å². The first-order valence-corrected chi connectivity index (χ1v) is 9.31. The maximum Gasteiger partial charge on any atom is 0.410 e. The molecule has 0 spiro atoms. The second-order valence-corrected chi connectivity index (χ2v) is 8.64. The number of amides is 1. The minimum Gasteiger partial charge on any atom is -0.444 e. The van der Waals surface area contributed by atoms with Crippen LogP contribution in [0.2, 0.25) is 0 Å². The van der Waals surface area contributed by atoms with Crippen LogP contribution < -0.4 is 5.32 Å². The lowest BCUT2D eigenvalue weighted by Crippen LogP contribution is -2.35. The van der Waals surface area contributed by atoms with Crippen LogP contribution in [-0.2, 0) is 11.3 Å². The van der Waals surface area contributed by atoms with E-state index in [1.54, 1.807) is 16.2 Å². The average molecular weight is 363 g/mol. The standard InChI is InChI=1S/C17H25N5O2S/c1-12-9-18-15(25-12)19-14-6-8-22(20-14)11-13-5-7-21(10-13)16(23)24-17(2,3)4/h6,8-9,13H,5,7,10-11H2,1-4H3,(H,18,19,20). The maximum atomic E-state index is 12.1. The number of carbonyl (C=O) groups excluding carboxylic acids is 1. The number of ether oxygens (including phenoxy) is 1. The van der Waals surface area contributed by atoms with E-state index >= 15 is 0 Å². The zero-order valence-corrected chi connectivity index (χ0v) is 16.0. The van der Waals surface area contributed by atoms with Crippen molar-refractivity contribution in [2.75, 3.05) is 18.4 Å². The first kappa shape index (κ1) is 17.7. The smallest absolute Gasteiger partial charge is 0.410 e. The lowest BCUT2D eigenvalue weighted by Gasteiger charge is -2.24. The molecule has 0 bridgehead atoms. The SMILES string of the molecule is Cc1cnc(Nc2ccn(CC3CCN(C(=O)OC(C)(C)C)C3)n2)s1. The highest BCUT2D eigenvalue weighted by atomic mass is 32.1. The number of nitrogens with zero attached hydrogens (tertiary/aromatic N) is 4. The van der Waals surface area contributed by atoms with Gasteiger partial charge in [0.05, 0.1) is 0 Å². The van der Waals surface area contributed by atoms with Crippen molar-refractivity contribution in [1.29, 1.82) is 0 Å². The summed E-state index contributed by atoms with van der Waals surface area (Å²) in [4.78, 5) is 19.4. The van der Waals surface area contributed by atoms with E-state index in [4.69, 9.17) is 4.74 Å². The molecule has 2 aromatic rings. The van der Waals surface area contributed by atoms with Crippen molar-refractivity contribution in [2.45, 2.75) is 46.3 Å². The fourth-order valence-electron chi connectivity index (χ4n) is 2.79. The van der Waals surface area contributed by atoms with Crippen molar-refractivity contribution in [2.24, 2.45) is 5.92 Å². The number of hydrogen-bond acceptors (Lipinski definition) is 6. The summed E-state index contributed by atoms with van der Waals surface area (Å²) in [6.45, 7) is 9.94. The van der Waals surface area contributed by atoms with E-state index in [-0.39, 0.29) is 6.09 Å². The molecule has 2 aromatic heterocycles. The number of likely N-dealkylation sites (tertiary alicyclic amines) is 1. The van der Waals surface area contributed by atoms with Gasteiger partial charge in [0.1, 0.15) is 5.60 Å². The zero-order chi connectivity index (χ0) is 18.0. The summed E-state index contributed by atoms with van der Waals surface area (Å²) in [5.41, 5.74) is -0.452. The van der Waals surface area contributed by atoms with Gasteiger partial charge in [-0.3, -0.25) is 4.68 Å². The molecular formula is C17H25N5O2S. The number of nitrogens with one attached hydrogen (secondary N) is 1. The molecule has 1 aliphatic rings. The largest absolute Gasteiger partial charge is 0.444 e. The van der Waals surface area contributed by atoms with Crippen LogP contribution in [0.15, 0.2) is 18.5 Å². The molecule has 0 aliphatic carbocycles. The summed E-state index contributed by atoms with van der Waals surface area (Å²) >= 11 is 1.60. The van der Waals surface area contributed by atoms with E-state index in [0.717, 1.165) is 35.3 Å². The Kier molecular flexibility index (Phi) is 4.99. The molecule has 1 fully saturated rings. The molecule has 1 amide bonds. The van der Waals surface area contributed by atoms with Gasteiger partial charge in [-0.05, 0) is 40.0 Å². The molecule has 136 valence electrons. The molecule has 0 radical (unpaired) electrons. The molecule has 1 atom stereocenters. The van der Waals surface area contributed by atoms with Gasteiger partial charge in [-0.1, -0.05) is 0 Å². The Balaban J connectivity index is 1.51. The number of aryl methyl sites for hydroxylation is 1. The van der Waals surface area contributed by atoms with Crippen LogP contribution in [0.1, 0.15) is 32.1 Å². The van der Waals surface area contributed by atoms with E-state index in [0.29, 0.717) is 12.5 Å². The van der Waals surface area contributed by atoms with Crippen molar-refractivity contribution >= 4 is 28.4 Å². The molecule has 3 heterocycles. The Morgan fingerprint density at radius 3 is 2.96 bits per heavy atom. The van der Waals surface area contributed by atoms with Gasteiger partial charge in [-0.2, -0.15) is 5.10 Å². The molecule has 1 saturated heterocycles. The summed E-state index contributed by atoms with van der Waals surface area (Å²) in [7, 11) is 0. The third-order valence-corrected chi connectivity index (χ3v) is 4.71. The lowest BCUT2D eigenvalue weighted by atomic mass is 10.1. The van der Waals surface area contributed by atoms with Crippen molar-refractivity contribution < 1.29 is 9.53 Å². The van der Waals surface area contributed by atoms with E-state index in [1.165, 1.54) is 0 Å². The predicted octanol–water partition coefficient (Wildman–Crippen LogP) is 3.65. The van der Waals surface area contributed by atoms with Gasteiger partial charge in [0.2, 0.25) is 0 Å². The van der Waals surface area contributed by atoms with Gasteiger partial charge in [-0.25, -0.2) is 9.78 Å². The first-order valence-electron chi connectivity index (χ1n) is 8.49. The highest BCUT2D eigenvalue weighted by molar-refractivity contribution is 7.15. The highest BCUT2D eigenvalue weighted by Crippen LogP contribution is 2.23. The number of aromatic nitrogens is 3. The van der Waals surface area contributed by atoms with Crippen molar-refractivity contribution in [3.05, 3.63) is 23.3 Å². The number of rotatable bonds is 4. The van der Waals surface area contributed by atoms with Crippen molar-refractivity contribution in [3.8, 4) is 0 Å². The Bertz CT molecular complexity index is 733. The second-order valence-electron chi connectivity index (χ2n) is 7.41. The normalized spacial score (nSPS) is 17.8. The fraction of sp³-hybridized carbons (Fsp3) is 0.588. The van der Waals surface area contributed by atoms with Crippen molar-refractivity contribution in [3.63, 3.8) is 0 Å². The molecule has 1 aliphatic heterocycles. The zero-order valence-electron chi connectivity index (χ0n) is 15.2. The Morgan fingerprint density at radius 1 is 1.48 bits per heavy atom. The van der Waals surface area contributed by atoms with Gasteiger partial charge >= 0.3 is 6.09 Å². The van der Waals surface area contributed by atoms with Crippen LogP contribution in [0, 0.1) is 12.8 Å². The Hall–Kier alpha value is -2.09. The van der Waals surface area contributed by atoms with Gasteiger partial charge in [0, 0.05) is 43.0 Å². The third-order valence-electron chi connectivity index (χ3n) is 3.88. The molecule has 1 unspecified atom stereocenters. The van der Waals surface area contributed by atoms with Crippen LogP contribution in [0.5, 0.6) is 0 Å². The second kappa shape index (κ2) is 7.03. The minimum absolute atomic E-state index is 0.225. The molecule has 25 heavy (non-hydrogen) atoms. The number of hydrogen-bond donors (Lipinski definition) is 1. The average Bonchev–Trinajstić information content (AvgIpc) is 3.21. The maximum absolute atomic E-state index is 12.1. The topological polar surface area (TPSA) is 72.3 Å². The molecular weight excluding hydrogens is 338 g/mol. The number of carbonyl (C=O) groups is 1. The van der Waals surface area contributed by atoms with Gasteiger partial charge in [0.15, 0.2) is 10.9 Å². The fourth-order valence-corrected chi connectivity index (χ4v) is 3.46. The van der Waals surface area contributed by atoms with E-state index in [2.05, 4.69) is 15.4 Å². The van der Waals surface area contributed by atoms with E-state index < -0.39 is 5.60 Å². The van der Waals surface area contributed by atoms with Gasteiger partial charge < -0.3 is 15.0 Å². The van der Waals surface area contributed by atoms with Crippen LogP contribution in [0.3, 0.4) is 0 Å². The first-order chi connectivity index (χ1) is 11.8. The molecule has 8 heteroatoms. The summed E-state index contributed by atoms with van der Waals surface area (Å²) in [5.74, 6) is 1.18. The number of anilines is 2. The minimum atomic E-state index is -0.452. The van der Waals surface area contributed by atoms with Gasteiger partial charge in [-0.15, -0.1) is 11.3 Å². The monoisotopic (exact) mass is 363 g/mol. The molecule has 3 rings (SSSR count). The highest BCUT2D eigenvalue weighted by Gasteiger charge is 2.30. The van der Waals surface area contributed by atoms with Crippen LogP contribution in [0.4, 0.5) is 15.7 Å². The third kappa shape index (κ3) is 4.94. The van der Waals surface area contributed by atoms with E-state index in [9.17, 15) is 4.79 Å². The molecule has 0 saturated carbocycles. The molecule has 7 nitrogen and oxygen atoms in total. The lowest BCUT2D eigenvalue weighted by molar-refractivity contribution is 0.0287. The summed E-state index contributed by atoms with van der Waals surface area (Å²) in [5, 5.41) is 8.61. The van der Waals surface area contributed by atoms with Gasteiger partial charge in [0.25, 0.3) is 0 Å². The quantitative estimate of drug-likeness (QED) is 0.898. The van der Waals surface area contributed by atoms with Crippen molar-refractivity contribution in [1.82, 2.24) is 19.7 Å². The summed E-state index contributed by atoms with van der Waals surface area (Å²) in [6, 6.07) is 1.94. The van der Waals surface area contributed by atoms with Crippen LogP contribution in [-0.4, -0.2) is 44.4 Å². The van der Waals surface area contributed by atoms with Crippen LogP contribution in [0.25, 0.3) is 0 Å². The number of thiazole rings is 1. The molecule has 0 aromatic carbocycles. The Labute approximate surface area is 152 Å². The Morgan fingerprint density at radius 2 is 2.28 bits per heavy atom. The summed E-state index contributed by atoms with van der Waals surface area (Å²) < 4.78 is 7.36. The predicted molar refractivity (Wildman–Crippen MR) is 98.3 cm³/mol.